The molecule has 0 saturated carbocycles. The van der Waals surface area contributed by atoms with Crippen LogP contribution in [-0.2, 0) is 12.1 Å². The molecule has 2 N–H and O–H groups in total. The summed E-state index contributed by atoms with van der Waals surface area (Å²) in [5, 5.41) is 18.3. The predicted octanol–water partition coefficient (Wildman–Crippen LogP) is 3.40. The summed E-state index contributed by atoms with van der Waals surface area (Å²) in [5.41, 5.74) is 1.28. The highest BCUT2D eigenvalue weighted by molar-refractivity contribution is 7.08. The van der Waals surface area contributed by atoms with Gasteiger partial charge in [-0.25, -0.2) is 0 Å². The molecule has 0 saturated heterocycles. The second-order valence-electron chi connectivity index (χ2n) is 4.52. The van der Waals surface area contributed by atoms with Crippen LogP contribution in [0.25, 0.3) is 0 Å². The van der Waals surface area contributed by atoms with Gasteiger partial charge in [0.1, 0.15) is 0 Å². The van der Waals surface area contributed by atoms with E-state index in [1.54, 1.807) is 11.3 Å². The van der Waals surface area contributed by atoms with Crippen molar-refractivity contribution in [3.05, 3.63) is 57.2 Å². The first-order chi connectivity index (χ1) is 8.58. The van der Waals surface area contributed by atoms with E-state index in [0.29, 0.717) is 6.54 Å². The topological polar surface area (TPSA) is 32.3 Å². The fraction of sp³-hybridized carbons (Fsp3) is 0.286. The molecule has 4 heteroatoms. The fourth-order valence-corrected chi connectivity index (χ4v) is 2.63. The fourth-order valence-electron chi connectivity index (χ4n) is 1.73. The zero-order valence-electron chi connectivity index (χ0n) is 10.2. The van der Waals surface area contributed by atoms with E-state index in [0.717, 1.165) is 22.7 Å². The Balaban J connectivity index is 1.87. The van der Waals surface area contributed by atoms with Crippen LogP contribution in [0.3, 0.4) is 0 Å². The van der Waals surface area contributed by atoms with Crippen LogP contribution < -0.4 is 5.32 Å². The normalized spacial score (nSPS) is 14.4. The van der Waals surface area contributed by atoms with Crippen LogP contribution in [0.1, 0.15) is 18.1 Å². The minimum atomic E-state index is -0.827. The van der Waals surface area contributed by atoms with Crippen LogP contribution in [0.2, 0.25) is 5.02 Å². The Labute approximate surface area is 116 Å². The molecule has 0 aliphatic carbocycles. The van der Waals surface area contributed by atoms with Crippen molar-refractivity contribution in [2.75, 3.05) is 6.54 Å². The van der Waals surface area contributed by atoms with Crippen molar-refractivity contribution < 1.29 is 5.11 Å². The lowest BCUT2D eigenvalue weighted by molar-refractivity contribution is 0.0571. The summed E-state index contributed by atoms with van der Waals surface area (Å²) in [4.78, 5) is 0. The predicted molar refractivity (Wildman–Crippen MR) is 77.0 cm³/mol. The molecule has 1 heterocycles. The number of hydrogen-bond acceptors (Lipinski definition) is 3. The molecule has 0 spiro atoms. The average molecular weight is 282 g/mol. The van der Waals surface area contributed by atoms with Gasteiger partial charge in [-0.05, 0) is 47.0 Å². The molecular weight excluding hydrogens is 266 g/mol. The summed E-state index contributed by atoms with van der Waals surface area (Å²) in [6, 6.07) is 9.66. The average Bonchev–Trinajstić information content (AvgIpc) is 2.86. The van der Waals surface area contributed by atoms with Gasteiger partial charge in [0.2, 0.25) is 0 Å². The Morgan fingerprint density at radius 3 is 2.61 bits per heavy atom. The number of nitrogens with one attached hydrogen (secondary N) is 1. The van der Waals surface area contributed by atoms with Gasteiger partial charge in [-0.1, -0.05) is 23.7 Å². The standard InChI is InChI=1S/C14H16ClNOS/c1-14(17,12-6-7-18-9-12)10-16-8-11-2-4-13(15)5-3-11/h2-7,9,16-17H,8,10H2,1H3. The van der Waals surface area contributed by atoms with Gasteiger partial charge >= 0.3 is 0 Å². The lowest BCUT2D eigenvalue weighted by Crippen LogP contribution is -2.34. The van der Waals surface area contributed by atoms with Gasteiger partial charge in [-0.3, -0.25) is 0 Å². The third kappa shape index (κ3) is 3.56. The first-order valence-corrected chi connectivity index (χ1v) is 7.10. The van der Waals surface area contributed by atoms with E-state index in [4.69, 9.17) is 11.6 Å². The number of hydrogen-bond donors (Lipinski definition) is 2. The monoisotopic (exact) mass is 281 g/mol. The molecule has 2 rings (SSSR count). The Morgan fingerprint density at radius 1 is 1.28 bits per heavy atom. The summed E-state index contributed by atoms with van der Waals surface area (Å²) >= 11 is 7.42. The van der Waals surface area contributed by atoms with E-state index >= 15 is 0 Å². The van der Waals surface area contributed by atoms with Crippen molar-refractivity contribution in [1.29, 1.82) is 0 Å². The van der Waals surface area contributed by atoms with Crippen LogP contribution in [0, 0.1) is 0 Å². The quantitative estimate of drug-likeness (QED) is 0.880. The first-order valence-electron chi connectivity index (χ1n) is 5.78. The van der Waals surface area contributed by atoms with Crippen LogP contribution in [0.5, 0.6) is 0 Å². The lowest BCUT2D eigenvalue weighted by atomic mass is 9.99. The van der Waals surface area contributed by atoms with Gasteiger partial charge in [0, 0.05) is 18.1 Å². The molecule has 96 valence electrons. The van der Waals surface area contributed by atoms with E-state index in [2.05, 4.69) is 5.32 Å². The minimum Gasteiger partial charge on any atom is -0.384 e. The Kier molecular flexibility index (Phi) is 4.40. The second kappa shape index (κ2) is 5.85. The van der Waals surface area contributed by atoms with Gasteiger partial charge in [0.15, 0.2) is 0 Å². The van der Waals surface area contributed by atoms with Gasteiger partial charge in [-0.2, -0.15) is 11.3 Å². The summed E-state index contributed by atoms with van der Waals surface area (Å²) in [5.74, 6) is 0. The minimum absolute atomic E-state index is 0.520. The van der Waals surface area contributed by atoms with Crippen molar-refractivity contribution in [2.45, 2.75) is 19.1 Å². The van der Waals surface area contributed by atoms with E-state index in [9.17, 15) is 5.11 Å². The number of thiophene rings is 1. The summed E-state index contributed by atoms with van der Waals surface area (Å²) < 4.78 is 0. The molecule has 1 atom stereocenters. The number of aliphatic hydroxyl groups is 1. The SMILES string of the molecule is CC(O)(CNCc1ccc(Cl)cc1)c1ccsc1. The molecule has 1 aromatic carbocycles. The number of halogens is 1. The van der Waals surface area contributed by atoms with E-state index in [1.165, 1.54) is 0 Å². The Bertz CT molecular complexity index is 479. The van der Waals surface area contributed by atoms with Gasteiger partial charge in [0.05, 0.1) is 5.60 Å². The third-order valence-electron chi connectivity index (χ3n) is 2.85. The molecule has 0 aliphatic heterocycles. The van der Waals surface area contributed by atoms with Gasteiger partial charge in [0.25, 0.3) is 0 Å². The maximum Gasteiger partial charge on any atom is 0.1000 e. The van der Waals surface area contributed by atoms with E-state index < -0.39 is 5.60 Å². The van der Waals surface area contributed by atoms with Gasteiger partial charge < -0.3 is 10.4 Å². The van der Waals surface area contributed by atoms with Crippen LogP contribution in [0.15, 0.2) is 41.1 Å². The van der Waals surface area contributed by atoms with Crippen molar-refractivity contribution in [3.63, 3.8) is 0 Å². The number of rotatable bonds is 5. The molecule has 1 unspecified atom stereocenters. The second-order valence-corrected chi connectivity index (χ2v) is 5.73. The molecule has 2 aromatic rings. The van der Waals surface area contributed by atoms with Crippen LogP contribution >= 0.6 is 22.9 Å². The number of benzene rings is 1. The summed E-state index contributed by atoms with van der Waals surface area (Å²) in [6.07, 6.45) is 0. The van der Waals surface area contributed by atoms with E-state index in [1.807, 2.05) is 48.0 Å². The van der Waals surface area contributed by atoms with Crippen molar-refractivity contribution in [1.82, 2.24) is 5.32 Å². The maximum absolute atomic E-state index is 10.3. The summed E-state index contributed by atoms with van der Waals surface area (Å²) in [6.45, 7) is 3.06. The highest BCUT2D eigenvalue weighted by Crippen LogP contribution is 2.22. The van der Waals surface area contributed by atoms with Crippen molar-refractivity contribution in [3.8, 4) is 0 Å². The van der Waals surface area contributed by atoms with Crippen molar-refractivity contribution >= 4 is 22.9 Å². The van der Waals surface area contributed by atoms with Crippen molar-refractivity contribution in [2.24, 2.45) is 0 Å². The molecule has 0 fully saturated rings. The lowest BCUT2D eigenvalue weighted by Gasteiger charge is -2.23. The Hall–Kier alpha value is -0.870. The molecular formula is C14H16ClNOS. The third-order valence-corrected chi connectivity index (χ3v) is 3.79. The molecule has 2 nitrogen and oxygen atoms in total. The molecule has 0 amide bonds. The smallest absolute Gasteiger partial charge is 0.1000 e. The summed E-state index contributed by atoms with van der Waals surface area (Å²) in [7, 11) is 0. The molecule has 0 bridgehead atoms. The van der Waals surface area contributed by atoms with Crippen LogP contribution in [-0.4, -0.2) is 11.7 Å². The molecule has 18 heavy (non-hydrogen) atoms. The molecule has 0 aliphatic rings. The molecule has 1 aromatic heterocycles. The highest BCUT2D eigenvalue weighted by atomic mass is 35.5. The molecule has 0 radical (unpaired) electrons. The maximum atomic E-state index is 10.3. The zero-order chi connectivity index (χ0) is 13.0. The van der Waals surface area contributed by atoms with Crippen LogP contribution in [0.4, 0.5) is 0 Å². The van der Waals surface area contributed by atoms with Gasteiger partial charge in [-0.15, -0.1) is 0 Å². The highest BCUT2D eigenvalue weighted by Gasteiger charge is 2.22. The Morgan fingerprint density at radius 2 is 2.00 bits per heavy atom. The van der Waals surface area contributed by atoms with E-state index in [-0.39, 0.29) is 0 Å². The zero-order valence-corrected chi connectivity index (χ0v) is 11.8. The largest absolute Gasteiger partial charge is 0.384 e. The first kappa shape index (κ1) is 13.6.